The maximum absolute atomic E-state index is 11.3. The van der Waals surface area contributed by atoms with E-state index in [4.69, 9.17) is 4.74 Å². The number of hydrogen-bond acceptors (Lipinski definition) is 4. The van der Waals surface area contributed by atoms with Crippen LogP contribution in [0, 0.1) is 10.1 Å². The number of rotatable bonds is 3. The van der Waals surface area contributed by atoms with E-state index in [2.05, 4.69) is 15.9 Å². The average Bonchev–Trinajstić information content (AvgIpc) is 2.18. The molecule has 0 amide bonds. The summed E-state index contributed by atoms with van der Waals surface area (Å²) in [5.74, 6) is -0.562. The third-order valence-corrected chi connectivity index (χ3v) is 2.32. The molecule has 0 aromatic heterocycles. The summed E-state index contributed by atoms with van der Waals surface area (Å²) < 4.78 is 5.06. The van der Waals surface area contributed by atoms with E-state index < -0.39 is 10.9 Å². The predicted molar refractivity (Wildman–Crippen MR) is 56.8 cm³/mol. The van der Waals surface area contributed by atoms with Crippen LogP contribution in [-0.4, -0.2) is 17.5 Å². The van der Waals surface area contributed by atoms with Crippen LogP contribution in [0.3, 0.4) is 0 Å². The normalized spacial score (nSPS) is 9.73. The number of ether oxygens (including phenoxy) is 1. The molecule has 1 aromatic carbocycles. The zero-order valence-electron chi connectivity index (χ0n) is 7.90. The van der Waals surface area contributed by atoms with Gasteiger partial charge in [-0.3, -0.25) is 10.1 Å². The highest BCUT2D eigenvalue weighted by molar-refractivity contribution is 9.10. The van der Waals surface area contributed by atoms with Crippen molar-refractivity contribution in [3.8, 4) is 0 Å². The van der Waals surface area contributed by atoms with Crippen molar-refractivity contribution in [2.24, 2.45) is 0 Å². The van der Waals surface area contributed by atoms with E-state index in [9.17, 15) is 14.9 Å². The molecule has 80 valence electrons. The first kappa shape index (κ1) is 11.6. The maximum Gasteiger partial charge on any atom is 0.338 e. The summed E-state index contributed by atoms with van der Waals surface area (Å²) in [5, 5.41) is 10.6. The van der Waals surface area contributed by atoms with E-state index in [1.165, 1.54) is 18.2 Å². The molecular weight excluding hydrogens is 266 g/mol. The molecule has 0 radical (unpaired) electrons. The van der Waals surface area contributed by atoms with E-state index in [0.29, 0.717) is 4.47 Å². The van der Waals surface area contributed by atoms with Crippen molar-refractivity contribution in [2.75, 3.05) is 6.61 Å². The predicted octanol–water partition coefficient (Wildman–Crippen LogP) is 2.53. The van der Waals surface area contributed by atoms with Gasteiger partial charge >= 0.3 is 5.97 Å². The van der Waals surface area contributed by atoms with Gasteiger partial charge in [-0.1, -0.05) is 0 Å². The number of esters is 1. The number of nitro benzene ring substituents is 1. The number of nitrogens with zero attached hydrogens (tertiary/aromatic N) is 1. The Morgan fingerprint density at radius 2 is 2.27 bits per heavy atom. The molecule has 0 saturated carbocycles. The number of carbonyl (C=O) groups excluding carboxylic acids is 1. The van der Waals surface area contributed by atoms with E-state index in [0.717, 1.165) is 0 Å². The molecule has 0 atom stereocenters. The molecule has 6 heteroatoms. The fourth-order valence-corrected chi connectivity index (χ4v) is 1.39. The van der Waals surface area contributed by atoms with Gasteiger partial charge in [0, 0.05) is 6.07 Å². The lowest BCUT2D eigenvalue weighted by atomic mass is 10.2. The molecule has 1 rings (SSSR count). The monoisotopic (exact) mass is 273 g/mol. The highest BCUT2D eigenvalue weighted by Crippen LogP contribution is 2.25. The molecule has 0 aliphatic rings. The first-order valence-electron chi connectivity index (χ1n) is 4.17. The van der Waals surface area contributed by atoms with E-state index in [1.807, 2.05) is 0 Å². The maximum atomic E-state index is 11.3. The Labute approximate surface area is 94.3 Å². The Morgan fingerprint density at radius 1 is 1.60 bits per heavy atom. The van der Waals surface area contributed by atoms with Gasteiger partial charge in [-0.2, -0.15) is 0 Å². The quantitative estimate of drug-likeness (QED) is 0.482. The largest absolute Gasteiger partial charge is 0.462 e. The molecule has 0 aliphatic carbocycles. The third-order valence-electron chi connectivity index (χ3n) is 1.65. The number of hydrogen-bond donors (Lipinski definition) is 0. The molecule has 0 heterocycles. The fraction of sp³-hybridized carbons (Fsp3) is 0.222. The van der Waals surface area contributed by atoms with Crippen molar-refractivity contribution < 1.29 is 14.5 Å². The van der Waals surface area contributed by atoms with Gasteiger partial charge in [0.1, 0.15) is 0 Å². The molecule has 0 bridgehead atoms. The van der Waals surface area contributed by atoms with Gasteiger partial charge in [0.25, 0.3) is 5.69 Å². The molecule has 0 fully saturated rings. The Hall–Kier alpha value is -1.43. The first-order chi connectivity index (χ1) is 7.06. The molecule has 0 N–H and O–H groups in total. The number of carbonyl (C=O) groups is 1. The van der Waals surface area contributed by atoms with Crippen LogP contribution >= 0.6 is 15.9 Å². The van der Waals surface area contributed by atoms with E-state index >= 15 is 0 Å². The molecule has 0 aliphatic heterocycles. The van der Waals surface area contributed by atoms with Crippen LogP contribution in [0.4, 0.5) is 5.69 Å². The van der Waals surface area contributed by atoms with Gasteiger partial charge < -0.3 is 4.74 Å². The molecule has 0 saturated heterocycles. The van der Waals surface area contributed by atoms with Gasteiger partial charge in [0.2, 0.25) is 0 Å². The average molecular weight is 274 g/mol. The van der Waals surface area contributed by atoms with Crippen molar-refractivity contribution in [3.63, 3.8) is 0 Å². The molecule has 0 unspecified atom stereocenters. The number of benzene rings is 1. The lowest BCUT2D eigenvalue weighted by Gasteiger charge is -2.02. The Bertz CT molecular complexity index is 405. The zero-order chi connectivity index (χ0) is 11.4. The van der Waals surface area contributed by atoms with Gasteiger partial charge in [-0.05, 0) is 35.0 Å². The van der Waals surface area contributed by atoms with Crippen LogP contribution in [0.2, 0.25) is 0 Å². The Balaban J connectivity index is 3.07. The van der Waals surface area contributed by atoms with Crippen molar-refractivity contribution in [3.05, 3.63) is 38.3 Å². The lowest BCUT2D eigenvalue weighted by molar-refractivity contribution is -0.385. The van der Waals surface area contributed by atoms with Crippen LogP contribution in [-0.2, 0) is 4.74 Å². The molecular formula is C9H8BrNO4. The molecule has 0 spiro atoms. The highest BCUT2D eigenvalue weighted by Gasteiger charge is 2.16. The minimum absolute atomic E-state index is 0.152. The smallest absolute Gasteiger partial charge is 0.338 e. The topological polar surface area (TPSA) is 69.4 Å². The van der Waals surface area contributed by atoms with Crippen LogP contribution in [0.5, 0.6) is 0 Å². The van der Waals surface area contributed by atoms with Crippen molar-refractivity contribution >= 4 is 27.6 Å². The van der Waals surface area contributed by atoms with Crippen LogP contribution in [0.15, 0.2) is 22.7 Å². The fourth-order valence-electron chi connectivity index (χ4n) is 0.994. The summed E-state index contributed by atoms with van der Waals surface area (Å²) in [4.78, 5) is 21.3. The van der Waals surface area contributed by atoms with Gasteiger partial charge in [0.05, 0.1) is 21.6 Å². The second-order valence-corrected chi connectivity index (χ2v) is 3.50. The number of nitro groups is 1. The summed E-state index contributed by atoms with van der Waals surface area (Å²) in [6.07, 6.45) is 0. The molecule has 15 heavy (non-hydrogen) atoms. The highest BCUT2D eigenvalue weighted by atomic mass is 79.9. The van der Waals surface area contributed by atoms with Gasteiger partial charge in [-0.25, -0.2) is 4.79 Å². The second-order valence-electron chi connectivity index (χ2n) is 2.64. The summed E-state index contributed by atoms with van der Waals surface area (Å²) in [6, 6.07) is 4.10. The number of halogens is 1. The van der Waals surface area contributed by atoms with Gasteiger partial charge in [0.15, 0.2) is 0 Å². The summed E-state index contributed by atoms with van der Waals surface area (Å²) in [6.45, 7) is 1.91. The summed E-state index contributed by atoms with van der Waals surface area (Å²) in [7, 11) is 0. The van der Waals surface area contributed by atoms with Crippen molar-refractivity contribution in [1.82, 2.24) is 0 Å². The van der Waals surface area contributed by atoms with Crippen LogP contribution in [0.1, 0.15) is 17.3 Å². The zero-order valence-corrected chi connectivity index (χ0v) is 9.48. The molecule has 1 aromatic rings. The first-order valence-corrected chi connectivity index (χ1v) is 4.96. The third kappa shape index (κ3) is 2.76. The standard InChI is InChI=1S/C9H8BrNO4/c1-2-15-9(12)6-3-4-7(10)8(5-6)11(13)14/h3-5H,2H2,1H3. The lowest BCUT2D eigenvalue weighted by Crippen LogP contribution is -2.05. The summed E-state index contributed by atoms with van der Waals surface area (Å²) in [5.41, 5.74) is 0.0207. The van der Waals surface area contributed by atoms with Crippen molar-refractivity contribution in [1.29, 1.82) is 0 Å². The minimum atomic E-state index is -0.563. The summed E-state index contributed by atoms with van der Waals surface area (Å²) >= 11 is 3.03. The Kier molecular flexibility index (Phi) is 3.79. The van der Waals surface area contributed by atoms with Gasteiger partial charge in [-0.15, -0.1) is 0 Å². The minimum Gasteiger partial charge on any atom is -0.462 e. The Morgan fingerprint density at radius 3 is 2.80 bits per heavy atom. The van der Waals surface area contributed by atoms with Crippen molar-refractivity contribution in [2.45, 2.75) is 6.92 Å². The van der Waals surface area contributed by atoms with E-state index in [1.54, 1.807) is 6.92 Å². The SMILES string of the molecule is CCOC(=O)c1ccc(Br)c([N+](=O)[O-])c1. The van der Waals surface area contributed by atoms with Crippen LogP contribution in [0.25, 0.3) is 0 Å². The molecule has 5 nitrogen and oxygen atoms in total. The van der Waals surface area contributed by atoms with E-state index in [-0.39, 0.29) is 17.9 Å². The van der Waals surface area contributed by atoms with Crippen LogP contribution < -0.4 is 0 Å². The second kappa shape index (κ2) is 4.88.